The molecule has 0 bridgehead atoms. The number of ether oxygens (including phenoxy) is 3. The largest absolute Gasteiger partial charge is 0.491 e. The van der Waals surface area contributed by atoms with Crippen LogP contribution in [0.1, 0.15) is 33.4 Å². The lowest BCUT2D eigenvalue weighted by Gasteiger charge is -2.23. The lowest BCUT2D eigenvalue weighted by molar-refractivity contribution is 0.0285. The Bertz CT molecular complexity index is 1370. The first-order chi connectivity index (χ1) is 17.8. The van der Waals surface area contributed by atoms with E-state index in [2.05, 4.69) is 15.0 Å². The smallest absolute Gasteiger partial charge is 0.430 e. The number of anilines is 1. The number of pyridine rings is 1. The van der Waals surface area contributed by atoms with Gasteiger partial charge in [0.25, 0.3) is 15.9 Å². The van der Waals surface area contributed by atoms with Crippen molar-refractivity contribution in [1.29, 1.82) is 0 Å². The summed E-state index contributed by atoms with van der Waals surface area (Å²) >= 11 is 0. The average Bonchev–Trinajstić information content (AvgIpc) is 2.87. The van der Waals surface area contributed by atoms with Gasteiger partial charge in [-0.05, 0) is 63.1 Å². The lowest BCUT2D eigenvalue weighted by atomic mass is 10.1. The number of aryl methyl sites for hydroxylation is 1. The second-order valence-electron chi connectivity index (χ2n) is 9.56. The summed E-state index contributed by atoms with van der Waals surface area (Å²) in [7, 11) is -3.32. The van der Waals surface area contributed by atoms with Crippen LogP contribution in [0, 0.1) is 12.8 Å². The molecule has 1 amide bonds. The molecular weight excluding hydrogens is 512 g/mol. The molecule has 2 heterocycles. The zero-order valence-electron chi connectivity index (χ0n) is 22.2. The van der Waals surface area contributed by atoms with Gasteiger partial charge in [0.05, 0.1) is 36.9 Å². The molecule has 3 aromatic rings. The van der Waals surface area contributed by atoms with Crippen LogP contribution in [0.3, 0.4) is 0 Å². The van der Waals surface area contributed by atoms with Crippen LogP contribution in [0.4, 0.5) is 10.6 Å². The van der Waals surface area contributed by atoms with E-state index in [0.717, 1.165) is 0 Å². The normalized spacial score (nSPS) is 11.8. The van der Waals surface area contributed by atoms with E-state index in [0.29, 0.717) is 21.3 Å². The van der Waals surface area contributed by atoms with Crippen molar-refractivity contribution in [3.05, 3.63) is 54.5 Å². The van der Waals surface area contributed by atoms with Crippen LogP contribution >= 0.6 is 0 Å². The Labute approximate surface area is 222 Å². The van der Waals surface area contributed by atoms with Crippen molar-refractivity contribution in [2.45, 2.75) is 45.1 Å². The van der Waals surface area contributed by atoms with E-state index in [4.69, 9.17) is 14.2 Å². The molecule has 11 nitrogen and oxygen atoms in total. The van der Waals surface area contributed by atoms with Crippen LogP contribution in [-0.4, -0.2) is 60.5 Å². The molecular formula is C26H32N4O7S. The van der Waals surface area contributed by atoms with Gasteiger partial charge in [-0.25, -0.2) is 23.2 Å². The highest BCUT2D eigenvalue weighted by Crippen LogP contribution is 2.34. The maximum Gasteiger partial charge on any atom is 0.430 e. The maximum atomic E-state index is 14.1. The Balaban J connectivity index is 2.09. The number of carbonyl (C=O) groups is 1. The molecule has 0 spiro atoms. The number of sulfonamides is 1. The van der Waals surface area contributed by atoms with Crippen molar-refractivity contribution in [1.82, 2.24) is 15.0 Å². The van der Waals surface area contributed by atoms with Gasteiger partial charge in [0.1, 0.15) is 17.3 Å². The Morgan fingerprint density at radius 3 is 2.42 bits per heavy atom. The summed E-state index contributed by atoms with van der Waals surface area (Å²) < 4.78 is 44.7. The monoisotopic (exact) mass is 544 g/mol. The highest BCUT2D eigenvalue weighted by Gasteiger charge is 2.38. The summed E-state index contributed by atoms with van der Waals surface area (Å²) in [6, 6.07) is 9.33. The molecule has 2 aromatic heterocycles. The number of hydrogen-bond acceptors (Lipinski definition) is 10. The molecule has 0 atom stereocenters. The molecule has 0 saturated carbocycles. The molecule has 12 heteroatoms. The van der Waals surface area contributed by atoms with Crippen molar-refractivity contribution in [2.75, 3.05) is 24.6 Å². The van der Waals surface area contributed by atoms with Gasteiger partial charge in [-0.3, -0.25) is 4.98 Å². The fourth-order valence-corrected chi connectivity index (χ4v) is 4.67. The first-order valence-corrected chi connectivity index (χ1v) is 13.3. The van der Waals surface area contributed by atoms with E-state index in [1.54, 1.807) is 45.0 Å². The zero-order chi connectivity index (χ0) is 28.1. The molecule has 1 aromatic carbocycles. The van der Waals surface area contributed by atoms with Crippen LogP contribution < -0.4 is 13.8 Å². The van der Waals surface area contributed by atoms with E-state index >= 15 is 0 Å². The standard InChI is InChI=1S/C26H32N4O7S/c1-17(2)15-36-25(31)30(23-24(35-6)29-18(3)14-28-23)38(33,34)21-8-7-13-27-22(21)19-9-11-20(12-10-19)37-16-26(4,5)32/h7-14,17,32H,15-16H2,1-6H3. The first-order valence-electron chi connectivity index (χ1n) is 11.8. The minimum absolute atomic E-state index is 0.0154. The SMILES string of the molecule is COc1nc(C)cnc1N(C(=O)OCC(C)C)S(=O)(=O)c1cccnc1-c1ccc(OCC(C)(C)O)cc1. The van der Waals surface area contributed by atoms with Crippen LogP contribution in [0.5, 0.6) is 11.6 Å². The van der Waals surface area contributed by atoms with Gasteiger partial charge in [0.15, 0.2) is 0 Å². The van der Waals surface area contributed by atoms with Crippen LogP contribution in [-0.2, 0) is 14.8 Å². The summed E-state index contributed by atoms with van der Waals surface area (Å²) in [5, 5.41) is 9.89. The molecule has 3 rings (SSSR count). The van der Waals surface area contributed by atoms with Gasteiger partial charge in [0.2, 0.25) is 5.82 Å². The summed E-state index contributed by atoms with van der Waals surface area (Å²) in [6.07, 6.45) is 1.62. The van der Waals surface area contributed by atoms with Gasteiger partial charge in [-0.15, -0.1) is 4.31 Å². The topological polar surface area (TPSA) is 141 Å². The third-order valence-corrected chi connectivity index (χ3v) is 6.63. The molecule has 0 aliphatic rings. The maximum absolute atomic E-state index is 14.1. The van der Waals surface area contributed by atoms with Gasteiger partial charge < -0.3 is 19.3 Å². The van der Waals surface area contributed by atoms with E-state index in [-0.39, 0.29) is 41.4 Å². The van der Waals surface area contributed by atoms with Gasteiger partial charge >= 0.3 is 6.09 Å². The molecule has 0 aliphatic heterocycles. The Hall–Kier alpha value is -3.77. The quantitative estimate of drug-likeness (QED) is 0.398. The summed E-state index contributed by atoms with van der Waals surface area (Å²) in [5.74, 6) is -0.0544. The third kappa shape index (κ3) is 6.95. The fourth-order valence-electron chi connectivity index (χ4n) is 3.20. The van der Waals surface area contributed by atoms with E-state index in [1.165, 1.54) is 31.6 Å². The number of nitrogens with zero attached hydrogens (tertiary/aromatic N) is 4. The molecule has 0 saturated heterocycles. The van der Waals surface area contributed by atoms with Crippen LogP contribution in [0.2, 0.25) is 0 Å². The third-order valence-electron chi connectivity index (χ3n) is 4.94. The highest BCUT2D eigenvalue weighted by molar-refractivity contribution is 7.93. The number of aliphatic hydroxyl groups is 1. The Morgan fingerprint density at radius 1 is 1.13 bits per heavy atom. The fraction of sp³-hybridized carbons (Fsp3) is 0.385. The number of benzene rings is 1. The van der Waals surface area contributed by atoms with Crippen molar-refractivity contribution >= 4 is 21.9 Å². The van der Waals surface area contributed by atoms with Gasteiger partial charge in [0, 0.05) is 11.8 Å². The molecule has 0 radical (unpaired) electrons. The molecule has 204 valence electrons. The summed E-state index contributed by atoms with van der Waals surface area (Å²) in [4.78, 5) is 25.6. The number of carbonyl (C=O) groups excluding carboxylic acids is 1. The number of aromatic nitrogens is 3. The minimum Gasteiger partial charge on any atom is -0.491 e. The van der Waals surface area contributed by atoms with Crippen molar-refractivity contribution < 1.29 is 32.5 Å². The predicted octanol–water partition coefficient (Wildman–Crippen LogP) is 3.99. The molecule has 0 fully saturated rings. The molecule has 0 unspecified atom stereocenters. The van der Waals surface area contributed by atoms with Crippen molar-refractivity contribution in [3.8, 4) is 22.9 Å². The van der Waals surface area contributed by atoms with E-state index < -0.39 is 21.7 Å². The number of rotatable bonds is 10. The van der Waals surface area contributed by atoms with E-state index in [9.17, 15) is 18.3 Å². The average molecular weight is 545 g/mol. The minimum atomic E-state index is -4.62. The zero-order valence-corrected chi connectivity index (χ0v) is 23.0. The summed E-state index contributed by atoms with van der Waals surface area (Å²) in [6.45, 7) is 8.61. The highest BCUT2D eigenvalue weighted by atomic mass is 32.2. The lowest BCUT2D eigenvalue weighted by Crippen LogP contribution is -2.39. The summed E-state index contributed by atoms with van der Waals surface area (Å²) in [5.41, 5.74) is 0.000929. The number of hydrogen-bond donors (Lipinski definition) is 1. The molecule has 38 heavy (non-hydrogen) atoms. The van der Waals surface area contributed by atoms with E-state index in [1.807, 2.05) is 13.8 Å². The number of methoxy groups -OCH3 is 1. The molecule has 0 aliphatic carbocycles. The van der Waals surface area contributed by atoms with Gasteiger partial charge in [-0.2, -0.15) is 0 Å². The first kappa shape index (κ1) is 28.8. The number of amides is 1. The predicted molar refractivity (Wildman–Crippen MR) is 141 cm³/mol. The van der Waals surface area contributed by atoms with Gasteiger partial charge in [-0.1, -0.05) is 13.8 Å². The van der Waals surface area contributed by atoms with Crippen LogP contribution in [0.15, 0.2) is 53.7 Å². The van der Waals surface area contributed by atoms with Crippen LogP contribution in [0.25, 0.3) is 11.3 Å². The van der Waals surface area contributed by atoms with Crippen molar-refractivity contribution in [2.24, 2.45) is 5.92 Å². The second kappa shape index (κ2) is 11.7. The molecule has 1 N–H and O–H groups in total. The Kier molecular flexibility index (Phi) is 8.89. The van der Waals surface area contributed by atoms with Crippen molar-refractivity contribution in [3.63, 3.8) is 0 Å². The second-order valence-corrected chi connectivity index (χ2v) is 11.3. The Morgan fingerprint density at radius 2 is 1.82 bits per heavy atom.